The van der Waals surface area contributed by atoms with Crippen LogP contribution in [0.5, 0.6) is 11.5 Å². The molecule has 0 spiro atoms. The van der Waals surface area contributed by atoms with Crippen LogP contribution >= 0.6 is 0 Å². The minimum atomic E-state index is -3.59. The average Bonchev–Trinajstić information content (AvgIpc) is 2.46. The smallest absolute Gasteiger partial charge is 0.243 e. The number of aliphatic hydroxyl groups is 1. The minimum absolute atomic E-state index is 0.150. The predicted octanol–water partition coefficient (Wildman–Crippen LogP) is 0.603. The van der Waals surface area contributed by atoms with Crippen molar-refractivity contribution in [2.45, 2.75) is 23.8 Å². The zero-order chi connectivity index (χ0) is 14.2. The van der Waals surface area contributed by atoms with Gasteiger partial charge in [0, 0.05) is 19.2 Å². The first-order chi connectivity index (χ1) is 9.57. The Balaban J connectivity index is 1.90. The average molecular weight is 299 g/mol. The van der Waals surface area contributed by atoms with Crippen LogP contribution in [0.25, 0.3) is 0 Å². The number of ether oxygens (including phenoxy) is 2. The first kappa shape index (κ1) is 13.7. The van der Waals surface area contributed by atoms with Gasteiger partial charge < -0.3 is 14.6 Å². The molecule has 0 saturated carbocycles. The second-order valence-electron chi connectivity index (χ2n) is 4.96. The van der Waals surface area contributed by atoms with Crippen LogP contribution in [0.2, 0.25) is 0 Å². The maximum Gasteiger partial charge on any atom is 0.243 e. The molecule has 1 atom stereocenters. The van der Waals surface area contributed by atoms with Crippen LogP contribution in [-0.2, 0) is 10.0 Å². The van der Waals surface area contributed by atoms with Crippen molar-refractivity contribution in [2.75, 3.05) is 26.3 Å². The van der Waals surface area contributed by atoms with Gasteiger partial charge in [0.1, 0.15) is 13.2 Å². The van der Waals surface area contributed by atoms with Gasteiger partial charge in [-0.3, -0.25) is 0 Å². The number of hydrogen-bond acceptors (Lipinski definition) is 5. The minimum Gasteiger partial charge on any atom is -0.486 e. The Morgan fingerprint density at radius 1 is 1.20 bits per heavy atom. The lowest BCUT2D eigenvalue weighted by Gasteiger charge is -2.29. The standard InChI is InChI=1S/C13H17NO5S/c15-10-2-1-5-14(9-10)20(16,17)11-3-4-12-13(8-11)19-7-6-18-12/h3-4,8,10,15H,1-2,5-7,9H2/t10-/m0/s1. The fourth-order valence-electron chi connectivity index (χ4n) is 2.47. The molecule has 1 aromatic carbocycles. The number of hydrogen-bond donors (Lipinski definition) is 1. The molecule has 1 N–H and O–H groups in total. The molecular weight excluding hydrogens is 282 g/mol. The quantitative estimate of drug-likeness (QED) is 0.865. The predicted molar refractivity (Wildman–Crippen MR) is 71.4 cm³/mol. The van der Waals surface area contributed by atoms with Crippen LogP contribution in [0.3, 0.4) is 0 Å². The van der Waals surface area contributed by atoms with E-state index >= 15 is 0 Å². The maximum atomic E-state index is 12.5. The monoisotopic (exact) mass is 299 g/mol. The van der Waals surface area contributed by atoms with Gasteiger partial charge in [0.05, 0.1) is 11.0 Å². The van der Waals surface area contributed by atoms with Crippen molar-refractivity contribution in [1.29, 1.82) is 0 Å². The van der Waals surface area contributed by atoms with Gasteiger partial charge >= 0.3 is 0 Å². The Morgan fingerprint density at radius 2 is 1.95 bits per heavy atom. The topological polar surface area (TPSA) is 76.1 Å². The van der Waals surface area contributed by atoms with Gasteiger partial charge in [-0.2, -0.15) is 4.31 Å². The number of sulfonamides is 1. The first-order valence-electron chi connectivity index (χ1n) is 6.65. The number of rotatable bonds is 2. The van der Waals surface area contributed by atoms with Crippen molar-refractivity contribution < 1.29 is 23.0 Å². The molecule has 7 heteroatoms. The molecule has 1 aromatic rings. The van der Waals surface area contributed by atoms with E-state index in [0.717, 1.165) is 0 Å². The summed E-state index contributed by atoms with van der Waals surface area (Å²) in [5.74, 6) is 1.02. The van der Waals surface area contributed by atoms with E-state index in [1.165, 1.54) is 16.4 Å². The molecule has 0 bridgehead atoms. The van der Waals surface area contributed by atoms with Crippen molar-refractivity contribution in [3.8, 4) is 11.5 Å². The third-order valence-electron chi connectivity index (χ3n) is 3.51. The summed E-state index contributed by atoms with van der Waals surface area (Å²) in [6.07, 6.45) is 0.730. The highest BCUT2D eigenvalue weighted by molar-refractivity contribution is 7.89. The van der Waals surface area contributed by atoms with Crippen LogP contribution in [0, 0.1) is 0 Å². The van der Waals surface area contributed by atoms with E-state index in [0.29, 0.717) is 44.1 Å². The Hall–Kier alpha value is -1.31. The fourth-order valence-corrected chi connectivity index (χ4v) is 4.00. The van der Waals surface area contributed by atoms with Gasteiger partial charge in [0.15, 0.2) is 11.5 Å². The number of aliphatic hydroxyl groups excluding tert-OH is 1. The van der Waals surface area contributed by atoms with Crippen LogP contribution < -0.4 is 9.47 Å². The van der Waals surface area contributed by atoms with Crippen LogP contribution in [0.4, 0.5) is 0 Å². The molecular formula is C13H17NO5S. The van der Waals surface area contributed by atoms with Gasteiger partial charge in [0.25, 0.3) is 0 Å². The van der Waals surface area contributed by atoms with Gasteiger partial charge in [-0.05, 0) is 25.0 Å². The zero-order valence-electron chi connectivity index (χ0n) is 11.0. The molecule has 1 saturated heterocycles. The number of β-amino-alcohol motifs (C(OH)–C–C–N with tert-alkyl or cyclic N) is 1. The molecule has 3 rings (SSSR count). The highest BCUT2D eigenvalue weighted by atomic mass is 32.2. The van der Waals surface area contributed by atoms with E-state index in [9.17, 15) is 13.5 Å². The molecule has 6 nitrogen and oxygen atoms in total. The van der Waals surface area contributed by atoms with Crippen molar-refractivity contribution in [1.82, 2.24) is 4.31 Å². The number of fused-ring (bicyclic) bond motifs is 1. The van der Waals surface area contributed by atoms with Crippen molar-refractivity contribution in [2.24, 2.45) is 0 Å². The molecule has 1 fully saturated rings. The van der Waals surface area contributed by atoms with E-state index in [1.54, 1.807) is 6.07 Å². The molecule has 2 aliphatic heterocycles. The highest BCUT2D eigenvalue weighted by Crippen LogP contribution is 2.33. The second kappa shape index (κ2) is 5.23. The van der Waals surface area contributed by atoms with E-state index < -0.39 is 16.1 Å². The van der Waals surface area contributed by atoms with E-state index in [-0.39, 0.29) is 11.4 Å². The Labute approximate surface area is 118 Å². The summed E-state index contributed by atoms with van der Waals surface area (Å²) in [6.45, 7) is 1.47. The lowest BCUT2D eigenvalue weighted by Crippen LogP contribution is -2.42. The van der Waals surface area contributed by atoms with Crippen molar-refractivity contribution in [3.05, 3.63) is 18.2 Å². The Bertz CT molecular complexity index is 601. The number of benzene rings is 1. The number of piperidine rings is 1. The van der Waals surface area contributed by atoms with Crippen LogP contribution in [0.1, 0.15) is 12.8 Å². The second-order valence-corrected chi connectivity index (χ2v) is 6.90. The van der Waals surface area contributed by atoms with Crippen LogP contribution in [-0.4, -0.2) is 50.2 Å². The van der Waals surface area contributed by atoms with E-state index in [2.05, 4.69) is 0 Å². The first-order valence-corrected chi connectivity index (χ1v) is 8.09. The molecule has 110 valence electrons. The molecule has 0 unspecified atom stereocenters. The summed E-state index contributed by atoms with van der Waals surface area (Å²) in [7, 11) is -3.59. The third kappa shape index (κ3) is 2.48. The van der Waals surface area contributed by atoms with E-state index in [1.807, 2.05) is 0 Å². The summed E-state index contributed by atoms with van der Waals surface area (Å²) in [6, 6.07) is 4.62. The molecule has 0 radical (unpaired) electrons. The molecule has 0 amide bonds. The molecule has 2 heterocycles. The molecule has 0 aliphatic carbocycles. The lowest BCUT2D eigenvalue weighted by atomic mass is 10.1. The summed E-state index contributed by atoms with van der Waals surface area (Å²) < 4.78 is 37.2. The van der Waals surface area contributed by atoms with Gasteiger partial charge in [-0.1, -0.05) is 0 Å². The fraction of sp³-hybridized carbons (Fsp3) is 0.538. The Morgan fingerprint density at radius 3 is 2.70 bits per heavy atom. The normalized spacial score (nSPS) is 23.6. The SMILES string of the molecule is O=S(=O)(c1ccc2c(c1)OCCO2)N1CCC[C@H](O)C1. The van der Waals surface area contributed by atoms with Gasteiger partial charge in [-0.25, -0.2) is 8.42 Å². The van der Waals surface area contributed by atoms with Crippen molar-refractivity contribution >= 4 is 10.0 Å². The molecule has 0 aromatic heterocycles. The summed E-state index contributed by atoms with van der Waals surface area (Å²) in [5.41, 5.74) is 0. The molecule has 2 aliphatic rings. The summed E-state index contributed by atoms with van der Waals surface area (Å²) >= 11 is 0. The van der Waals surface area contributed by atoms with Gasteiger partial charge in [0.2, 0.25) is 10.0 Å². The largest absolute Gasteiger partial charge is 0.486 e. The van der Waals surface area contributed by atoms with Crippen LogP contribution in [0.15, 0.2) is 23.1 Å². The highest BCUT2D eigenvalue weighted by Gasteiger charge is 2.30. The molecule has 20 heavy (non-hydrogen) atoms. The Kier molecular flexibility index (Phi) is 3.57. The lowest BCUT2D eigenvalue weighted by molar-refractivity contribution is 0.108. The van der Waals surface area contributed by atoms with Crippen molar-refractivity contribution in [3.63, 3.8) is 0 Å². The zero-order valence-corrected chi connectivity index (χ0v) is 11.8. The maximum absolute atomic E-state index is 12.5. The number of nitrogens with zero attached hydrogens (tertiary/aromatic N) is 1. The van der Waals surface area contributed by atoms with Gasteiger partial charge in [-0.15, -0.1) is 0 Å². The third-order valence-corrected chi connectivity index (χ3v) is 5.37. The van der Waals surface area contributed by atoms with E-state index in [4.69, 9.17) is 9.47 Å². The summed E-state index contributed by atoms with van der Waals surface area (Å²) in [5, 5.41) is 9.63. The summed E-state index contributed by atoms with van der Waals surface area (Å²) in [4.78, 5) is 0.177.